The molecule has 0 spiro atoms. The zero-order valence-electron chi connectivity index (χ0n) is 7.19. The van der Waals surface area contributed by atoms with Crippen LogP contribution in [-0.2, 0) is 9.84 Å². The topological polar surface area (TPSA) is 58.9 Å². The van der Waals surface area contributed by atoms with Crippen LogP contribution in [0.15, 0.2) is 10.2 Å². The molecule has 0 amide bonds. The maximum atomic E-state index is 11.4. The molecule has 1 aliphatic rings. The molecule has 0 atom stereocenters. The Hall–Kier alpha value is -0.710. The molecular weight excluding hydrogens is 176 g/mol. The number of hydrogen-bond acceptors (Lipinski definition) is 4. The van der Waals surface area contributed by atoms with Crippen molar-refractivity contribution in [3.05, 3.63) is 0 Å². The summed E-state index contributed by atoms with van der Waals surface area (Å²) in [5.74, 6) is 0.299. The van der Waals surface area contributed by atoms with E-state index in [4.69, 9.17) is 0 Å². The van der Waals surface area contributed by atoms with Crippen molar-refractivity contribution >= 4 is 21.1 Å². The Bertz CT molecular complexity index is 314. The molecular formula is C7H12N2O2S. The van der Waals surface area contributed by atoms with Crippen LogP contribution in [0.2, 0.25) is 0 Å². The highest BCUT2D eigenvalue weighted by atomic mass is 32.2. The molecule has 0 saturated heterocycles. The van der Waals surface area contributed by atoms with Gasteiger partial charge in [-0.2, -0.15) is 5.10 Å². The molecule has 0 aromatic heterocycles. The summed E-state index contributed by atoms with van der Waals surface area (Å²) in [6.07, 6.45) is 1.86. The van der Waals surface area contributed by atoms with Crippen LogP contribution in [0.25, 0.3) is 0 Å². The SMILES string of the molecule is CC(C)CS(=O)(=O)C1=NN=CC1. The van der Waals surface area contributed by atoms with Crippen molar-refractivity contribution in [3.8, 4) is 0 Å². The largest absolute Gasteiger partial charge is 0.222 e. The molecule has 68 valence electrons. The molecule has 0 unspecified atom stereocenters. The van der Waals surface area contributed by atoms with Gasteiger partial charge in [-0.15, -0.1) is 5.10 Å². The van der Waals surface area contributed by atoms with E-state index in [1.165, 1.54) is 6.21 Å². The number of hydrogen-bond donors (Lipinski definition) is 0. The van der Waals surface area contributed by atoms with Gasteiger partial charge in [0, 0.05) is 12.6 Å². The summed E-state index contributed by atoms with van der Waals surface area (Å²) in [5, 5.41) is 7.29. The van der Waals surface area contributed by atoms with Crippen molar-refractivity contribution in [2.45, 2.75) is 20.3 Å². The van der Waals surface area contributed by atoms with E-state index < -0.39 is 9.84 Å². The Morgan fingerprint density at radius 3 is 2.67 bits per heavy atom. The molecule has 5 heteroatoms. The van der Waals surface area contributed by atoms with E-state index >= 15 is 0 Å². The predicted octanol–water partition coefficient (Wildman–Crippen LogP) is 0.845. The van der Waals surface area contributed by atoms with Gasteiger partial charge in [-0.05, 0) is 5.92 Å². The third-order valence-corrected chi connectivity index (χ3v) is 3.50. The fourth-order valence-electron chi connectivity index (χ4n) is 0.989. The van der Waals surface area contributed by atoms with E-state index in [1.807, 2.05) is 13.8 Å². The van der Waals surface area contributed by atoms with Crippen LogP contribution in [0.4, 0.5) is 0 Å². The first-order valence-electron chi connectivity index (χ1n) is 3.83. The highest BCUT2D eigenvalue weighted by Gasteiger charge is 2.22. The molecule has 0 N–H and O–H groups in total. The van der Waals surface area contributed by atoms with Crippen molar-refractivity contribution in [1.29, 1.82) is 0 Å². The molecule has 1 rings (SSSR count). The van der Waals surface area contributed by atoms with Crippen LogP contribution in [-0.4, -0.2) is 25.4 Å². The number of nitrogens with zero attached hydrogens (tertiary/aromatic N) is 2. The second-order valence-electron chi connectivity index (χ2n) is 3.17. The first-order chi connectivity index (χ1) is 5.52. The van der Waals surface area contributed by atoms with Crippen LogP contribution in [0.1, 0.15) is 20.3 Å². The van der Waals surface area contributed by atoms with Crippen molar-refractivity contribution in [1.82, 2.24) is 0 Å². The van der Waals surface area contributed by atoms with Crippen LogP contribution < -0.4 is 0 Å². The van der Waals surface area contributed by atoms with Crippen molar-refractivity contribution < 1.29 is 8.42 Å². The summed E-state index contributed by atoms with van der Waals surface area (Å²) in [7, 11) is -3.13. The minimum Gasteiger partial charge on any atom is -0.222 e. The Morgan fingerprint density at radius 1 is 1.58 bits per heavy atom. The number of sulfone groups is 1. The fourth-order valence-corrected chi connectivity index (χ4v) is 2.56. The Kier molecular flexibility index (Phi) is 2.62. The smallest absolute Gasteiger partial charge is 0.194 e. The quantitative estimate of drug-likeness (QED) is 0.645. The van der Waals surface area contributed by atoms with Gasteiger partial charge in [0.2, 0.25) is 0 Å². The summed E-state index contributed by atoms with van der Waals surface area (Å²) >= 11 is 0. The molecule has 4 nitrogen and oxygen atoms in total. The van der Waals surface area contributed by atoms with E-state index in [0.29, 0.717) is 6.42 Å². The van der Waals surface area contributed by atoms with Crippen molar-refractivity contribution in [3.63, 3.8) is 0 Å². The Balaban J connectivity index is 2.73. The second kappa shape index (κ2) is 3.35. The van der Waals surface area contributed by atoms with Gasteiger partial charge in [-0.25, -0.2) is 8.42 Å². The molecule has 0 fully saturated rings. The molecule has 0 aromatic rings. The van der Waals surface area contributed by atoms with Crippen LogP contribution in [0.3, 0.4) is 0 Å². The van der Waals surface area contributed by atoms with E-state index in [-0.39, 0.29) is 16.7 Å². The lowest BCUT2D eigenvalue weighted by Gasteiger charge is -2.04. The third-order valence-electron chi connectivity index (χ3n) is 1.43. The van der Waals surface area contributed by atoms with E-state index in [9.17, 15) is 8.42 Å². The molecule has 1 heterocycles. The minimum atomic E-state index is -3.13. The van der Waals surface area contributed by atoms with Gasteiger partial charge in [-0.1, -0.05) is 13.8 Å². The summed E-state index contributed by atoms with van der Waals surface area (Å²) in [4.78, 5) is 0. The zero-order valence-corrected chi connectivity index (χ0v) is 8.00. The highest BCUT2D eigenvalue weighted by molar-refractivity contribution is 8.06. The lowest BCUT2D eigenvalue weighted by atomic mass is 10.3. The monoisotopic (exact) mass is 188 g/mol. The highest BCUT2D eigenvalue weighted by Crippen LogP contribution is 2.08. The van der Waals surface area contributed by atoms with Gasteiger partial charge >= 0.3 is 0 Å². The van der Waals surface area contributed by atoms with Gasteiger partial charge in [-0.3, -0.25) is 0 Å². The summed E-state index contributed by atoms with van der Waals surface area (Å²) in [6, 6.07) is 0. The first kappa shape index (κ1) is 9.38. The Labute approximate surface area is 72.3 Å². The van der Waals surface area contributed by atoms with Gasteiger partial charge in [0.1, 0.15) is 0 Å². The predicted molar refractivity (Wildman–Crippen MR) is 49.2 cm³/mol. The molecule has 12 heavy (non-hydrogen) atoms. The van der Waals surface area contributed by atoms with E-state index in [2.05, 4.69) is 10.2 Å². The fraction of sp³-hybridized carbons (Fsp3) is 0.714. The van der Waals surface area contributed by atoms with Gasteiger partial charge < -0.3 is 0 Å². The van der Waals surface area contributed by atoms with Gasteiger partial charge in [0.15, 0.2) is 14.9 Å². The molecule has 0 aromatic carbocycles. The second-order valence-corrected chi connectivity index (χ2v) is 5.21. The normalized spacial score (nSPS) is 17.1. The molecule has 0 saturated carbocycles. The molecule has 0 radical (unpaired) electrons. The van der Waals surface area contributed by atoms with E-state index in [1.54, 1.807) is 0 Å². The maximum absolute atomic E-state index is 11.4. The molecule has 0 aliphatic carbocycles. The Morgan fingerprint density at radius 2 is 2.25 bits per heavy atom. The third kappa shape index (κ3) is 2.14. The summed E-state index contributed by atoms with van der Waals surface area (Å²) < 4.78 is 22.9. The standard InChI is InChI=1S/C7H12N2O2S/c1-6(2)5-12(10,11)7-3-4-8-9-7/h4,6H,3,5H2,1-2H3. The summed E-state index contributed by atoms with van der Waals surface area (Å²) in [6.45, 7) is 3.74. The minimum absolute atomic E-state index is 0.137. The van der Waals surface area contributed by atoms with Gasteiger partial charge in [0.05, 0.1) is 5.75 Å². The van der Waals surface area contributed by atoms with Gasteiger partial charge in [0.25, 0.3) is 0 Å². The van der Waals surface area contributed by atoms with E-state index in [0.717, 1.165) is 0 Å². The van der Waals surface area contributed by atoms with Crippen LogP contribution >= 0.6 is 0 Å². The lowest BCUT2D eigenvalue weighted by Crippen LogP contribution is -2.20. The van der Waals surface area contributed by atoms with Crippen LogP contribution in [0.5, 0.6) is 0 Å². The molecule has 1 aliphatic heterocycles. The first-order valence-corrected chi connectivity index (χ1v) is 5.48. The molecule has 0 bridgehead atoms. The summed E-state index contributed by atoms with van der Waals surface area (Å²) in [5.41, 5.74) is 0. The van der Waals surface area contributed by atoms with Crippen LogP contribution in [0, 0.1) is 5.92 Å². The average molecular weight is 188 g/mol. The van der Waals surface area contributed by atoms with Crippen molar-refractivity contribution in [2.24, 2.45) is 16.1 Å². The average Bonchev–Trinajstić information content (AvgIpc) is 2.32. The zero-order chi connectivity index (χ0) is 9.19. The maximum Gasteiger partial charge on any atom is 0.194 e. The lowest BCUT2D eigenvalue weighted by molar-refractivity contribution is 0.593. The number of rotatable bonds is 2. The van der Waals surface area contributed by atoms with Crippen molar-refractivity contribution in [2.75, 3.05) is 5.75 Å².